The summed E-state index contributed by atoms with van der Waals surface area (Å²) in [6.07, 6.45) is 1.65. The fraction of sp³-hybridized carbons (Fsp3) is 0.0588. The molecule has 1 heterocycles. The number of halogens is 1. The predicted molar refractivity (Wildman–Crippen MR) is 92.5 cm³/mol. The second-order valence-electron chi connectivity index (χ2n) is 4.65. The van der Waals surface area contributed by atoms with Crippen molar-refractivity contribution in [3.05, 3.63) is 65.8 Å². The van der Waals surface area contributed by atoms with Crippen molar-refractivity contribution >= 4 is 45.9 Å². The van der Waals surface area contributed by atoms with Crippen LogP contribution >= 0.6 is 23.4 Å². The summed E-state index contributed by atoms with van der Waals surface area (Å²) in [5.41, 5.74) is 0. The van der Waals surface area contributed by atoms with E-state index in [0.717, 1.165) is 15.7 Å². The van der Waals surface area contributed by atoms with Crippen molar-refractivity contribution in [1.29, 1.82) is 0 Å². The summed E-state index contributed by atoms with van der Waals surface area (Å²) in [7, 11) is 0. The second-order valence-corrected chi connectivity index (χ2v) is 6.07. The molecule has 3 rings (SSSR count). The molecule has 0 bridgehead atoms. The van der Waals surface area contributed by atoms with Gasteiger partial charge in [0.1, 0.15) is 5.82 Å². The number of benzene rings is 2. The lowest BCUT2D eigenvalue weighted by molar-refractivity contribution is -0.113. The van der Waals surface area contributed by atoms with E-state index in [0.29, 0.717) is 16.6 Å². The fourth-order valence-corrected chi connectivity index (χ4v) is 3.39. The van der Waals surface area contributed by atoms with E-state index in [1.807, 2.05) is 48.5 Å². The lowest BCUT2D eigenvalue weighted by Crippen LogP contribution is -2.14. The van der Waals surface area contributed by atoms with Gasteiger partial charge in [-0.1, -0.05) is 41.9 Å². The van der Waals surface area contributed by atoms with Crippen LogP contribution in [0.4, 0.5) is 5.82 Å². The molecule has 0 saturated carbocycles. The minimum absolute atomic E-state index is 0.0900. The molecule has 0 aliphatic heterocycles. The highest BCUT2D eigenvalue weighted by atomic mass is 35.5. The monoisotopic (exact) mass is 328 g/mol. The van der Waals surface area contributed by atoms with Gasteiger partial charge in [0.2, 0.25) is 5.91 Å². The molecule has 0 spiro atoms. The van der Waals surface area contributed by atoms with Crippen LogP contribution in [-0.2, 0) is 4.79 Å². The molecule has 3 aromatic rings. The Hall–Kier alpha value is -2.04. The number of fused-ring (bicyclic) bond motifs is 1. The number of amides is 1. The first kappa shape index (κ1) is 14.9. The summed E-state index contributed by atoms with van der Waals surface area (Å²) < 4.78 is 0. The Morgan fingerprint density at radius 2 is 1.91 bits per heavy atom. The van der Waals surface area contributed by atoms with Gasteiger partial charge in [-0.2, -0.15) is 0 Å². The van der Waals surface area contributed by atoms with Crippen LogP contribution in [0.15, 0.2) is 65.7 Å². The van der Waals surface area contributed by atoms with E-state index in [-0.39, 0.29) is 5.91 Å². The number of carbonyl (C=O) groups excluding carboxylic acids is 1. The molecule has 2 aromatic carbocycles. The Morgan fingerprint density at radius 1 is 1.09 bits per heavy atom. The number of rotatable bonds is 4. The van der Waals surface area contributed by atoms with E-state index < -0.39 is 0 Å². The summed E-state index contributed by atoms with van der Waals surface area (Å²) >= 11 is 7.75. The number of anilines is 1. The molecule has 1 N–H and O–H groups in total. The van der Waals surface area contributed by atoms with E-state index in [9.17, 15) is 4.79 Å². The van der Waals surface area contributed by atoms with Gasteiger partial charge in [0.25, 0.3) is 0 Å². The third kappa shape index (κ3) is 3.40. The zero-order valence-corrected chi connectivity index (χ0v) is 13.2. The maximum atomic E-state index is 12.0. The van der Waals surface area contributed by atoms with E-state index in [1.165, 1.54) is 11.8 Å². The zero-order valence-electron chi connectivity index (χ0n) is 11.6. The molecule has 22 heavy (non-hydrogen) atoms. The maximum absolute atomic E-state index is 12.0. The van der Waals surface area contributed by atoms with Crippen molar-refractivity contribution in [3.8, 4) is 0 Å². The molecule has 0 unspecified atom stereocenters. The van der Waals surface area contributed by atoms with Gasteiger partial charge in [-0.25, -0.2) is 4.98 Å². The van der Waals surface area contributed by atoms with Crippen LogP contribution in [0.5, 0.6) is 0 Å². The molecule has 110 valence electrons. The average molecular weight is 329 g/mol. The Bertz CT molecular complexity index is 803. The van der Waals surface area contributed by atoms with E-state index in [1.54, 1.807) is 12.3 Å². The van der Waals surface area contributed by atoms with E-state index in [4.69, 9.17) is 11.6 Å². The number of nitrogens with one attached hydrogen (secondary N) is 1. The van der Waals surface area contributed by atoms with Crippen molar-refractivity contribution < 1.29 is 4.79 Å². The van der Waals surface area contributed by atoms with E-state index in [2.05, 4.69) is 10.3 Å². The van der Waals surface area contributed by atoms with Crippen LogP contribution in [0.25, 0.3) is 10.8 Å². The van der Waals surface area contributed by atoms with Crippen molar-refractivity contribution in [3.63, 3.8) is 0 Å². The molecule has 0 atom stereocenters. The fourth-order valence-electron chi connectivity index (χ4n) is 2.14. The number of hydrogen-bond acceptors (Lipinski definition) is 3. The summed E-state index contributed by atoms with van der Waals surface area (Å²) in [5, 5.41) is 5.53. The van der Waals surface area contributed by atoms with Gasteiger partial charge in [-0.05, 0) is 29.7 Å². The molecule has 0 radical (unpaired) electrons. The van der Waals surface area contributed by atoms with Crippen LogP contribution in [0.2, 0.25) is 5.02 Å². The molecule has 3 nitrogen and oxygen atoms in total. The summed E-state index contributed by atoms with van der Waals surface area (Å²) in [5.74, 6) is 0.776. The highest BCUT2D eigenvalue weighted by molar-refractivity contribution is 8.00. The summed E-state index contributed by atoms with van der Waals surface area (Å²) in [4.78, 5) is 17.1. The normalized spacial score (nSPS) is 10.6. The molecular weight excluding hydrogens is 316 g/mol. The minimum Gasteiger partial charge on any atom is -0.310 e. The Morgan fingerprint density at radius 3 is 2.68 bits per heavy atom. The number of aromatic nitrogens is 1. The standard InChI is InChI=1S/C17H13ClN2OS/c18-13-7-3-5-12-6-4-8-14(17(12)13)22-11-16(21)20-15-9-1-2-10-19-15/h1-10H,11H2,(H,19,20,21). The van der Waals surface area contributed by atoms with Gasteiger partial charge >= 0.3 is 0 Å². The number of thioether (sulfide) groups is 1. The maximum Gasteiger partial charge on any atom is 0.235 e. The first-order chi connectivity index (χ1) is 10.7. The van der Waals surface area contributed by atoms with Gasteiger partial charge in [-0.15, -0.1) is 11.8 Å². The topological polar surface area (TPSA) is 42.0 Å². The van der Waals surface area contributed by atoms with Crippen LogP contribution in [0.1, 0.15) is 0 Å². The van der Waals surface area contributed by atoms with Crippen LogP contribution < -0.4 is 5.32 Å². The zero-order chi connectivity index (χ0) is 15.4. The highest BCUT2D eigenvalue weighted by Gasteiger charge is 2.08. The van der Waals surface area contributed by atoms with Gasteiger partial charge in [0.05, 0.1) is 5.75 Å². The summed E-state index contributed by atoms with van der Waals surface area (Å²) in [6.45, 7) is 0. The van der Waals surface area contributed by atoms with Gasteiger partial charge in [-0.3, -0.25) is 4.79 Å². The average Bonchev–Trinajstić information content (AvgIpc) is 2.54. The van der Waals surface area contributed by atoms with Crippen molar-refractivity contribution in [2.24, 2.45) is 0 Å². The molecule has 1 aromatic heterocycles. The second kappa shape index (κ2) is 6.81. The van der Waals surface area contributed by atoms with Gasteiger partial charge in [0.15, 0.2) is 0 Å². The molecule has 5 heteroatoms. The Balaban J connectivity index is 1.73. The van der Waals surface area contributed by atoms with Crippen LogP contribution in [0.3, 0.4) is 0 Å². The lowest BCUT2D eigenvalue weighted by atomic mass is 10.1. The van der Waals surface area contributed by atoms with E-state index >= 15 is 0 Å². The third-order valence-electron chi connectivity index (χ3n) is 3.11. The van der Waals surface area contributed by atoms with Crippen LogP contribution in [-0.4, -0.2) is 16.6 Å². The Labute approximate surface area is 137 Å². The minimum atomic E-state index is -0.0900. The molecule has 0 aliphatic carbocycles. The molecule has 1 amide bonds. The predicted octanol–water partition coefficient (Wildman–Crippen LogP) is 4.62. The van der Waals surface area contributed by atoms with Crippen molar-refractivity contribution in [2.75, 3.05) is 11.1 Å². The first-order valence-corrected chi connectivity index (χ1v) is 8.11. The van der Waals surface area contributed by atoms with Crippen molar-refractivity contribution in [1.82, 2.24) is 4.98 Å². The Kier molecular flexibility index (Phi) is 4.61. The largest absolute Gasteiger partial charge is 0.310 e. The van der Waals surface area contributed by atoms with Gasteiger partial charge < -0.3 is 5.32 Å². The number of hydrogen-bond donors (Lipinski definition) is 1. The summed E-state index contributed by atoms with van der Waals surface area (Å²) in [6, 6.07) is 17.2. The quantitative estimate of drug-likeness (QED) is 0.711. The third-order valence-corrected chi connectivity index (χ3v) is 4.48. The SMILES string of the molecule is O=C(CSc1cccc2cccc(Cl)c12)Nc1ccccn1. The molecule has 0 saturated heterocycles. The molecule has 0 fully saturated rings. The van der Waals surface area contributed by atoms with Crippen LogP contribution in [0, 0.1) is 0 Å². The number of nitrogens with zero attached hydrogens (tertiary/aromatic N) is 1. The lowest BCUT2D eigenvalue weighted by Gasteiger charge is -2.08. The smallest absolute Gasteiger partial charge is 0.235 e. The number of pyridine rings is 1. The number of carbonyl (C=O) groups is 1. The van der Waals surface area contributed by atoms with Crippen molar-refractivity contribution in [2.45, 2.75) is 4.90 Å². The molecular formula is C17H13ClN2OS. The highest BCUT2D eigenvalue weighted by Crippen LogP contribution is 2.33. The first-order valence-electron chi connectivity index (χ1n) is 6.75. The molecule has 0 aliphatic rings. The van der Waals surface area contributed by atoms with Gasteiger partial charge in [0, 0.05) is 21.5 Å².